The minimum absolute atomic E-state index is 0. The van der Waals surface area contributed by atoms with Gasteiger partial charge in [0.05, 0.1) is 5.69 Å². The Balaban J connectivity index is 0.00000264. The molecular formula is C14H13ClN2O6. The van der Waals surface area contributed by atoms with Crippen LogP contribution in [0.2, 0.25) is 0 Å². The number of aromatic nitrogens is 1. The lowest BCUT2D eigenvalue weighted by atomic mass is 10.2. The Morgan fingerprint density at radius 2 is 1.96 bits per heavy atom. The van der Waals surface area contributed by atoms with Gasteiger partial charge >= 0.3 is 5.97 Å². The molecule has 9 heteroatoms. The number of hydrogen-bond donors (Lipinski definition) is 1. The standard InChI is InChI=1S/C14H12N2O6.ClH/c17-13-4-2-1-3-12(13)14(18)21-9-11-6-5-10(7-15-11)8-22-16(19)20;/h1-7,17H,8-9H2;1H. The van der Waals surface area contributed by atoms with Crippen molar-refractivity contribution in [2.75, 3.05) is 0 Å². The van der Waals surface area contributed by atoms with Crippen LogP contribution in [-0.4, -0.2) is 21.1 Å². The molecule has 2 aromatic rings. The monoisotopic (exact) mass is 340 g/mol. The first kappa shape index (κ1) is 18.2. The molecule has 1 N–H and O–H groups in total. The van der Waals surface area contributed by atoms with E-state index in [4.69, 9.17) is 4.74 Å². The summed E-state index contributed by atoms with van der Waals surface area (Å²) in [5, 5.41) is 18.7. The predicted octanol–water partition coefficient (Wildman–Crippen LogP) is 2.27. The Labute approximate surface area is 137 Å². The maximum absolute atomic E-state index is 11.8. The van der Waals surface area contributed by atoms with Crippen molar-refractivity contribution in [3.8, 4) is 5.75 Å². The molecule has 1 heterocycles. The number of nitrogens with zero attached hydrogens (tertiary/aromatic N) is 2. The fraction of sp³-hybridized carbons (Fsp3) is 0.143. The Hall–Kier alpha value is -2.87. The molecule has 0 aliphatic carbocycles. The molecule has 0 amide bonds. The molecule has 122 valence electrons. The van der Waals surface area contributed by atoms with Crippen molar-refractivity contribution < 1.29 is 24.6 Å². The summed E-state index contributed by atoms with van der Waals surface area (Å²) in [5.41, 5.74) is 1.06. The highest BCUT2D eigenvalue weighted by atomic mass is 35.5. The molecule has 0 atom stereocenters. The van der Waals surface area contributed by atoms with Gasteiger partial charge in [-0.1, -0.05) is 18.2 Å². The number of pyridine rings is 1. The molecule has 8 nitrogen and oxygen atoms in total. The number of carbonyl (C=O) groups excluding carboxylic acids is 1. The summed E-state index contributed by atoms with van der Waals surface area (Å²) in [4.78, 5) is 30.1. The van der Waals surface area contributed by atoms with Gasteiger partial charge in [-0.2, -0.15) is 0 Å². The lowest BCUT2D eigenvalue weighted by Gasteiger charge is -2.06. The highest BCUT2D eigenvalue weighted by molar-refractivity contribution is 5.92. The maximum atomic E-state index is 11.8. The molecule has 0 saturated carbocycles. The van der Waals surface area contributed by atoms with Gasteiger partial charge in [-0.15, -0.1) is 22.5 Å². The summed E-state index contributed by atoms with van der Waals surface area (Å²) >= 11 is 0. The SMILES string of the molecule is Cl.O=C(OCc1ccc(CO[N+](=O)[O-])cn1)c1ccccc1O. The van der Waals surface area contributed by atoms with E-state index in [1.807, 2.05) is 0 Å². The van der Waals surface area contributed by atoms with Gasteiger partial charge in [-0.25, -0.2) is 4.79 Å². The number of carbonyl (C=O) groups is 1. The summed E-state index contributed by atoms with van der Waals surface area (Å²) in [5.74, 6) is -0.826. The van der Waals surface area contributed by atoms with E-state index in [0.717, 1.165) is 0 Å². The lowest BCUT2D eigenvalue weighted by molar-refractivity contribution is -0.763. The van der Waals surface area contributed by atoms with Crippen molar-refractivity contribution in [2.45, 2.75) is 13.2 Å². The van der Waals surface area contributed by atoms with Crippen LogP contribution in [0.5, 0.6) is 5.75 Å². The second-order valence-corrected chi connectivity index (χ2v) is 4.25. The van der Waals surface area contributed by atoms with E-state index in [1.54, 1.807) is 24.3 Å². The number of benzene rings is 1. The molecule has 0 bridgehead atoms. The van der Waals surface area contributed by atoms with Crippen molar-refractivity contribution in [3.63, 3.8) is 0 Å². The van der Waals surface area contributed by atoms with Crippen LogP contribution in [0.15, 0.2) is 42.6 Å². The fourth-order valence-corrected chi connectivity index (χ4v) is 1.62. The average Bonchev–Trinajstić information content (AvgIpc) is 2.52. The lowest BCUT2D eigenvalue weighted by Crippen LogP contribution is -2.07. The molecule has 1 aromatic heterocycles. The maximum Gasteiger partial charge on any atom is 0.342 e. The minimum atomic E-state index is -0.887. The van der Waals surface area contributed by atoms with E-state index in [9.17, 15) is 20.0 Å². The van der Waals surface area contributed by atoms with Crippen molar-refractivity contribution in [1.29, 1.82) is 0 Å². The zero-order valence-corrected chi connectivity index (χ0v) is 12.6. The molecule has 0 saturated heterocycles. The van der Waals surface area contributed by atoms with Crippen molar-refractivity contribution in [3.05, 3.63) is 69.5 Å². The van der Waals surface area contributed by atoms with Crippen molar-refractivity contribution in [1.82, 2.24) is 4.98 Å². The number of esters is 1. The zero-order valence-electron chi connectivity index (χ0n) is 11.7. The number of rotatable bonds is 6. The number of halogens is 1. The van der Waals surface area contributed by atoms with Crippen LogP contribution in [-0.2, 0) is 22.8 Å². The van der Waals surface area contributed by atoms with E-state index >= 15 is 0 Å². The summed E-state index contributed by atoms with van der Waals surface area (Å²) in [6, 6.07) is 9.19. The second-order valence-electron chi connectivity index (χ2n) is 4.25. The molecule has 0 spiro atoms. The summed E-state index contributed by atoms with van der Waals surface area (Å²) in [6.45, 7) is -0.276. The third kappa shape index (κ3) is 5.44. The number of hydrogen-bond acceptors (Lipinski definition) is 7. The third-order valence-corrected chi connectivity index (χ3v) is 2.70. The number of para-hydroxylation sites is 1. The Kier molecular flexibility index (Phi) is 6.75. The quantitative estimate of drug-likeness (QED) is 0.487. The van der Waals surface area contributed by atoms with Crippen LogP contribution in [0.1, 0.15) is 21.6 Å². The molecule has 2 rings (SSSR count). The van der Waals surface area contributed by atoms with Crippen LogP contribution in [0.25, 0.3) is 0 Å². The predicted molar refractivity (Wildman–Crippen MR) is 80.5 cm³/mol. The van der Waals surface area contributed by atoms with E-state index in [-0.39, 0.29) is 36.9 Å². The Morgan fingerprint density at radius 1 is 1.22 bits per heavy atom. The number of aromatic hydroxyl groups is 1. The highest BCUT2D eigenvalue weighted by Gasteiger charge is 2.12. The second kappa shape index (κ2) is 8.54. The molecule has 23 heavy (non-hydrogen) atoms. The third-order valence-electron chi connectivity index (χ3n) is 2.70. The molecule has 0 aliphatic heterocycles. The Bertz CT molecular complexity index is 677. The van der Waals surface area contributed by atoms with Crippen LogP contribution in [0, 0.1) is 10.1 Å². The summed E-state index contributed by atoms with van der Waals surface area (Å²) < 4.78 is 5.03. The van der Waals surface area contributed by atoms with Crippen LogP contribution in [0.4, 0.5) is 0 Å². The molecule has 0 aliphatic rings. The molecule has 1 aromatic carbocycles. The highest BCUT2D eigenvalue weighted by Crippen LogP contribution is 2.17. The fourth-order valence-electron chi connectivity index (χ4n) is 1.62. The van der Waals surface area contributed by atoms with E-state index < -0.39 is 11.1 Å². The van der Waals surface area contributed by atoms with Crippen LogP contribution < -0.4 is 0 Å². The van der Waals surface area contributed by atoms with Gasteiger partial charge in [0.1, 0.15) is 24.5 Å². The smallest absolute Gasteiger partial charge is 0.342 e. The Morgan fingerprint density at radius 3 is 2.57 bits per heavy atom. The molecular weight excluding hydrogens is 328 g/mol. The first-order valence-corrected chi connectivity index (χ1v) is 6.22. The average molecular weight is 341 g/mol. The van der Waals surface area contributed by atoms with Gasteiger partial charge in [0, 0.05) is 6.20 Å². The van der Waals surface area contributed by atoms with Gasteiger partial charge in [0.25, 0.3) is 5.09 Å². The largest absolute Gasteiger partial charge is 0.507 e. The van der Waals surface area contributed by atoms with Crippen molar-refractivity contribution in [2.24, 2.45) is 0 Å². The van der Waals surface area contributed by atoms with Gasteiger partial charge in [-0.05, 0) is 23.8 Å². The molecule has 0 unspecified atom stereocenters. The summed E-state index contributed by atoms with van der Waals surface area (Å²) in [7, 11) is 0. The topological polar surface area (TPSA) is 112 Å². The normalized spacial score (nSPS) is 9.57. The number of ether oxygens (including phenoxy) is 1. The summed E-state index contributed by atoms with van der Waals surface area (Å²) in [6.07, 6.45) is 1.40. The zero-order chi connectivity index (χ0) is 15.9. The van der Waals surface area contributed by atoms with Gasteiger partial charge in [0.2, 0.25) is 0 Å². The number of phenols is 1. The minimum Gasteiger partial charge on any atom is -0.507 e. The first-order chi connectivity index (χ1) is 10.6. The van der Waals surface area contributed by atoms with E-state index in [2.05, 4.69) is 9.82 Å². The van der Waals surface area contributed by atoms with Gasteiger partial charge in [-0.3, -0.25) is 4.98 Å². The van der Waals surface area contributed by atoms with Crippen molar-refractivity contribution >= 4 is 18.4 Å². The van der Waals surface area contributed by atoms with E-state index in [0.29, 0.717) is 11.3 Å². The van der Waals surface area contributed by atoms with Crippen LogP contribution >= 0.6 is 12.4 Å². The van der Waals surface area contributed by atoms with Crippen LogP contribution in [0.3, 0.4) is 0 Å². The first-order valence-electron chi connectivity index (χ1n) is 6.22. The van der Waals surface area contributed by atoms with Gasteiger partial charge < -0.3 is 14.7 Å². The molecule has 0 radical (unpaired) electrons. The number of phenolic OH excluding ortho intramolecular Hbond substituents is 1. The molecule has 0 fully saturated rings. The van der Waals surface area contributed by atoms with Gasteiger partial charge in [0.15, 0.2) is 0 Å². The van der Waals surface area contributed by atoms with E-state index in [1.165, 1.54) is 18.3 Å².